The molecular formula is C22H25Cl2Zr. The fourth-order valence-corrected chi connectivity index (χ4v) is 3.07. The zero-order valence-corrected chi connectivity index (χ0v) is 19.3. The molecule has 1 atom stereocenters. The molecule has 3 heteroatoms. The first-order valence-electron chi connectivity index (χ1n) is 8.77. The molecule has 1 aliphatic carbocycles. The van der Waals surface area contributed by atoms with Gasteiger partial charge in [0.25, 0.3) is 0 Å². The van der Waals surface area contributed by atoms with Gasteiger partial charge in [0.2, 0.25) is 0 Å². The molecule has 2 aromatic carbocycles. The molecule has 0 fully saturated rings. The molecule has 0 aromatic heterocycles. The van der Waals surface area contributed by atoms with Gasteiger partial charge in [-0.2, -0.15) is 0 Å². The van der Waals surface area contributed by atoms with Gasteiger partial charge in [-0.1, -0.05) is 81.8 Å². The molecule has 0 aliphatic heterocycles. The van der Waals surface area contributed by atoms with Gasteiger partial charge in [0.1, 0.15) is 0 Å². The molecule has 0 nitrogen and oxygen atoms in total. The van der Waals surface area contributed by atoms with Gasteiger partial charge in [0.15, 0.2) is 0 Å². The van der Waals surface area contributed by atoms with Gasteiger partial charge in [-0.15, -0.1) is 0 Å². The molecule has 0 saturated carbocycles. The van der Waals surface area contributed by atoms with Crippen LogP contribution < -0.4 is 0 Å². The summed E-state index contributed by atoms with van der Waals surface area (Å²) in [4.78, 5) is 0. The third kappa shape index (κ3) is 5.32. The Labute approximate surface area is 171 Å². The van der Waals surface area contributed by atoms with Crippen molar-refractivity contribution in [3.8, 4) is 11.1 Å². The van der Waals surface area contributed by atoms with E-state index in [4.69, 9.17) is 17.0 Å². The molecule has 1 unspecified atom stereocenters. The Hall–Kier alpha value is -0.357. The van der Waals surface area contributed by atoms with Crippen LogP contribution >= 0.6 is 17.0 Å². The Morgan fingerprint density at radius 2 is 1.60 bits per heavy atom. The van der Waals surface area contributed by atoms with E-state index in [-0.39, 0.29) is 0 Å². The van der Waals surface area contributed by atoms with Gasteiger partial charge in [-0.3, -0.25) is 0 Å². The van der Waals surface area contributed by atoms with Crippen LogP contribution in [0.25, 0.3) is 17.2 Å². The van der Waals surface area contributed by atoms with E-state index in [1.807, 2.05) is 0 Å². The van der Waals surface area contributed by atoms with Gasteiger partial charge < -0.3 is 0 Å². The van der Waals surface area contributed by atoms with Crippen molar-refractivity contribution in [3.63, 3.8) is 0 Å². The SMILES string of the molecule is CCC(C)c1ccc(-c2cccc3c2C=C(C(C)C)[CH]3)cc1.[Cl][Zr][Cl]. The van der Waals surface area contributed by atoms with E-state index < -0.39 is 20.8 Å². The van der Waals surface area contributed by atoms with Crippen LogP contribution in [-0.2, 0) is 20.8 Å². The Bertz CT molecular complexity index is 717. The van der Waals surface area contributed by atoms with Crippen molar-refractivity contribution >= 4 is 23.1 Å². The summed E-state index contributed by atoms with van der Waals surface area (Å²) in [7, 11) is 9.87. The minimum atomic E-state index is -0.826. The Morgan fingerprint density at radius 3 is 2.16 bits per heavy atom. The van der Waals surface area contributed by atoms with E-state index in [0.29, 0.717) is 11.8 Å². The van der Waals surface area contributed by atoms with Gasteiger partial charge in [0.05, 0.1) is 0 Å². The van der Waals surface area contributed by atoms with Crippen LogP contribution in [0.1, 0.15) is 56.7 Å². The molecule has 0 N–H and O–H groups in total. The summed E-state index contributed by atoms with van der Waals surface area (Å²) >= 11 is -0.826. The molecule has 131 valence electrons. The average Bonchev–Trinajstić information content (AvgIpc) is 3.06. The fourth-order valence-electron chi connectivity index (χ4n) is 3.07. The number of halogens is 2. The predicted molar refractivity (Wildman–Crippen MR) is 109 cm³/mol. The van der Waals surface area contributed by atoms with Crippen molar-refractivity contribution in [1.82, 2.24) is 0 Å². The monoisotopic (exact) mass is 449 g/mol. The minimum absolute atomic E-state index is 0.577. The summed E-state index contributed by atoms with van der Waals surface area (Å²) in [5.74, 6) is 1.21. The second-order valence-corrected chi connectivity index (χ2v) is 10.5. The molecule has 2 aromatic rings. The van der Waals surface area contributed by atoms with Crippen molar-refractivity contribution in [2.75, 3.05) is 0 Å². The van der Waals surface area contributed by atoms with Crippen LogP contribution in [0.2, 0.25) is 0 Å². The fraction of sp³-hybridized carbons (Fsp3) is 0.318. The topological polar surface area (TPSA) is 0 Å². The molecule has 0 saturated heterocycles. The normalized spacial score (nSPS) is 13.6. The summed E-state index contributed by atoms with van der Waals surface area (Å²) in [6.07, 6.45) is 5.88. The number of benzene rings is 2. The zero-order valence-electron chi connectivity index (χ0n) is 15.3. The maximum atomic E-state index is 4.93. The molecule has 3 rings (SSSR count). The van der Waals surface area contributed by atoms with Crippen molar-refractivity contribution in [2.45, 2.75) is 40.0 Å². The second kappa shape index (κ2) is 10.1. The van der Waals surface area contributed by atoms with E-state index in [0.717, 1.165) is 0 Å². The number of allylic oxidation sites excluding steroid dienone is 1. The van der Waals surface area contributed by atoms with Crippen molar-refractivity contribution in [3.05, 3.63) is 71.1 Å². The second-order valence-electron chi connectivity index (χ2n) is 6.75. The first-order valence-corrected chi connectivity index (χ1v) is 15.1. The van der Waals surface area contributed by atoms with E-state index in [1.165, 1.54) is 39.8 Å². The summed E-state index contributed by atoms with van der Waals surface area (Å²) in [6.45, 7) is 9.06. The van der Waals surface area contributed by atoms with Crippen molar-refractivity contribution in [2.24, 2.45) is 5.92 Å². The van der Waals surface area contributed by atoms with E-state index in [9.17, 15) is 0 Å². The van der Waals surface area contributed by atoms with E-state index >= 15 is 0 Å². The van der Waals surface area contributed by atoms with Crippen LogP contribution in [0.5, 0.6) is 0 Å². The van der Waals surface area contributed by atoms with Gasteiger partial charge >= 0.3 is 37.9 Å². The standard InChI is InChI=1S/C22H25.2ClH.Zr/c1-5-16(4)17-9-11-18(12-10-17)21-8-6-7-19-13-20(15(2)3)14-22(19)21;;;/h6-16H,5H2,1-4H3;2*1H;/q;;;+2/p-2. The van der Waals surface area contributed by atoms with Crippen LogP contribution in [-0.4, -0.2) is 0 Å². The molecule has 1 aliphatic rings. The average molecular weight is 452 g/mol. The summed E-state index contributed by atoms with van der Waals surface area (Å²) in [5, 5.41) is 0. The Balaban J connectivity index is 0.000000701. The number of fused-ring (bicyclic) bond motifs is 1. The van der Waals surface area contributed by atoms with Gasteiger partial charge in [-0.05, 0) is 46.1 Å². The molecule has 0 bridgehead atoms. The third-order valence-corrected chi connectivity index (χ3v) is 4.84. The van der Waals surface area contributed by atoms with Crippen molar-refractivity contribution in [1.29, 1.82) is 0 Å². The van der Waals surface area contributed by atoms with Crippen LogP contribution in [0.4, 0.5) is 0 Å². The van der Waals surface area contributed by atoms with E-state index in [1.54, 1.807) is 0 Å². The van der Waals surface area contributed by atoms with Crippen LogP contribution in [0.15, 0.2) is 48.0 Å². The molecule has 0 heterocycles. The first kappa shape index (κ1) is 20.9. The molecule has 1 radical (unpaired) electrons. The number of rotatable bonds is 4. The first-order chi connectivity index (χ1) is 12.0. The van der Waals surface area contributed by atoms with Crippen LogP contribution in [0.3, 0.4) is 0 Å². The van der Waals surface area contributed by atoms with Gasteiger partial charge in [-0.25, -0.2) is 0 Å². The quantitative estimate of drug-likeness (QED) is 0.444. The van der Waals surface area contributed by atoms with Crippen LogP contribution in [0, 0.1) is 12.3 Å². The zero-order chi connectivity index (χ0) is 18.4. The summed E-state index contributed by atoms with van der Waals surface area (Å²) < 4.78 is 0. The molecule has 0 spiro atoms. The van der Waals surface area contributed by atoms with Crippen molar-refractivity contribution < 1.29 is 20.8 Å². The predicted octanol–water partition coefficient (Wildman–Crippen LogP) is 7.85. The third-order valence-electron chi connectivity index (χ3n) is 4.84. The summed E-state index contributed by atoms with van der Waals surface area (Å²) in [5.41, 5.74) is 8.26. The molecule has 25 heavy (non-hydrogen) atoms. The molecular weight excluding hydrogens is 426 g/mol. The summed E-state index contributed by atoms with van der Waals surface area (Å²) in [6, 6.07) is 15.8. The Kier molecular flexibility index (Phi) is 8.46. The number of hydrogen-bond acceptors (Lipinski definition) is 0. The maximum absolute atomic E-state index is 4.93. The number of hydrogen-bond donors (Lipinski definition) is 0. The molecule has 0 amide bonds. The van der Waals surface area contributed by atoms with E-state index in [2.05, 4.69) is 82.7 Å². The van der Waals surface area contributed by atoms with Gasteiger partial charge in [0, 0.05) is 6.42 Å². The Morgan fingerprint density at radius 1 is 0.960 bits per heavy atom.